The van der Waals surface area contributed by atoms with Crippen molar-refractivity contribution in [3.05, 3.63) is 47.5 Å². The van der Waals surface area contributed by atoms with Gasteiger partial charge in [0.05, 0.1) is 36.3 Å². The first kappa shape index (κ1) is 12.3. The van der Waals surface area contributed by atoms with Crippen LogP contribution in [0.15, 0.2) is 36.4 Å². The van der Waals surface area contributed by atoms with Crippen LogP contribution in [-0.2, 0) is 6.18 Å². The molecule has 3 N–H and O–H groups in total. The molecule has 9 heteroatoms. The number of methoxy groups -OCH3 is 2. The first-order chi connectivity index (χ1) is 20.6. The van der Waals surface area contributed by atoms with Gasteiger partial charge in [-0.25, -0.2) is 4.98 Å². The third-order valence-corrected chi connectivity index (χ3v) is 4.40. The Hall–Kier alpha value is -3.20. The van der Waals surface area contributed by atoms with Crippen molar-refractivity contribution in [3.8, 4) is 23.1 Å². The lowest BCUT2D eigenvalue weighted by molar-refractivity contribution is -0.137. The molecule has 1 atom stereocenters. The van der Waals surface area contributed by atoms with Crippen molar-refractivity contribution in [1.29, 1.82) is 0 Å². The van der Waals surface area contributed by atoms with Gasteiger partial charge < -0.3 is 25.3 Å². The first-order valence-corrected chi connectivity index (χ1v) is 9.21. The molecule has 1 heterocycles. The molecule has 0 radical (unpaired) electrons. The molecule has 1 aromatic heterocycles. The second-order valence-corrected chi connectivity index (χ2v) is 6.58. The van der Waals surface area contributed by atoms with Crippen molar-refractivity contribution < 1.29 is 45.2 Å². The van der Waals surface area contributed by atoms with Crippen molar-refractivity contribution in [2.45, 2.75) is 38.7 Å². The molecule has 3 aromatic rings. The van der Waals surface area contributed by atoms with Gasteiger partial charge in [-0.1, -0.05) is 6.07 Å². The molecule has 0 amide bonds. The van der Waals surface area contributed by atoms with Crippen molar-refractivity contribution in [2.75, 3.05) is 26.0 Å². The Kier molecular flexibility index (Phi) is 3.79. The van der Waals surface area contributed by atoms with Crippen molar-refractivity contribution in [2.24, 2.45) is 5.73 Å². The van der Waals surface area contributed by atoms with E-state index in [0.29, 0.717) is 6.07 Å². The predicted molar refractivity (Wildman–Crippen MR) is 122 cm³/mol. The van der Waals surface area contributed by atoms with E-state index in [0.717, 1.165) is 31.4 Å². The molecule has 0 saturated heterocycles. The number of hydrogen-bond donors (Lipinski definition) is 2. The third-order valence-electron chi connectivity index (χ3n) is 4.40. The summed E-state index contributed by atoms with van der Waals surface area (Å²) >= 11 is 0. The largest absolute Gasteiger partial charge is 0.493 e. The van der Waals surface area contributed by atoms with E-state index in [9.17, 15) is 13.2 Å². The van der Waals surface area contributed by atoms with Gasteiger partial charge in [0.15, 0.2) is 11.5 Å². The van der Waals surface area contributed by atoms with E-state index in [1.165, 1.54) is 13.0 Å². The molecule has 0 aliphatic carbocycles. The second kappa shape index (κ2) is 10.2. The summed E-state index contributed by atoms with van der Waals surface area (Å²) in [6.45, 7) is -5.89. The molecule has 3 rings (SSSR count). The fourth-order valence-corrected chi connectivity index (χ4v) is 3.03. The molecule has 178 valence electrons. The molecule has 33 heavy (non-hydrogen) atoms. The fraction of sp³-hybridized carbons (Fsp3) is 0.375. The van der Waals surface area contributed by atoms with Crippen molar-refractivity contribution in [1.82, 2.24) is 4.98 Å². The number of aromatic nitrogens is 1. The molecule has 0 bridgehead atoms. The molecule has 1 unspecified atom stereocenters. The molecule has 0 fully saturated rings. The number of nitrogens with two attached hydrogens (primary N) is 1. The minimum absolute atomic E-state index is 0.0780. The SMILES string of the molecule is [2H]C([2H])([2H])Oc1cc(C)c2c(Oc3cccc(C(F)(F)F)c3)c(OC)cc(NC([2H])(C([2H])([2H])[2H])C([2H])([2H])C([2H])([2H])C([2H])([2H])N)c2n1. The summed E-state index contributed by atoms with van der Waals surface area (Å²) in [6.07, 6.45) is -12.5. The zero-order chi connectivity index (χ0) is 35.5. The van der Waals surface area contributed by atoms with Gasteiger partial charge >= 0.3 is 6.18 Å². The number of halogens is 3. The van der Waals surface area contributed by atoms with E-state index in [1.807, 2.05) is 0 Å². The number of fused-ring (bicyclic) bond motifs is 1. The van der Waals surface area contributed by atoms with Gasteiger partial charge in [0.1, 0.15) is 11.3 Å². The zero-order valence-electron chi connectivity index (χ0n) is 30.3. The highest BCUT2D eigenvalue weighted by molar-refractivity contribution is 6.00. The number of benzene rings is 2. The summed E-state index contributed by atoms with van der Waals surface area (Å²) in [5.74, 6) is -1.56. The Balaban J connectivity index is 2.42. The number of anilines is 1. The number of rotatable bonds is 9. The minimum Gasteiger partial charge on any atom is -0.493 e. The maximum absolute atomic E-state index is 13.4. The summed E-state index contributed by atoms with van der Waals surface area (Å²) in [5, 5.41) is 1.94. The fourth-order valence-electron chi connectivity index (χ4n) is 3.03. The Bertz CT molecular complexity index is 1610. The van der Waals surface area contributed by atoms with Gasteiger partial charge in [0.25, 0.3) is 0 Å². The molecular formula is C24H28F3N3O3. The number of hydrogen-bond acceptors (Lipinski definition) is 6. The van der Waals surface area contributed by atoms with Crippen molar-refractivity contribution >= 4 is 16.6 Å². The second-order valence-electron chi connectivity index (χ2n) is 6.58. The highest BCUT2D eigenvalue weighted by Crippen LogP contribution is 2.45. The summed E-state index contributed by atoms with van der Waals surface area (Å²) in [5.41, 5.74) is 3.19. The van der Waals surface area contributed by atoms with Gasteiger partial charge in [-0.3, -0.25) is 0 Å². The standard InChI is InChI=1S/C24H28F3N3O3/c1-14-11-20(32-4)30-22-18(29-15(2)7-6-10-28)13-19(31-3)23(21(14)22)33-17-9-5-8-16(12-17)24(25,26)27/h5,8-9,11-13,15,29H,6-7,10,28H2,1-4H3/i2D3,4D3,6D2,7D2,10D2,15D. The van der Waals surface area contributed by atoms with Crippen LogP contribution >= 0.6 is 0 Å². The van der Waals surface area contributed by atoms with Gasteiger partial charge in [-0.05, 0) is 56.8 Å². The molecule has 6 nitrogen and oxygen atoms in total. The lowest BCUT2D eigenvalue weighted by Gasteiger charge is -2.21. The smallest absolute Gasteiger partial charge is 0.416 e. The number of aryl methyl sites for hydroxylation is 1. The molecule has 0 aliphatic rings. The summed E-state index contributed by atoms with van der Waals surface area (Å²) < 4.78 is 159. The predicted octanol–water partition coefficient (Wildman–Crippen LogP) is 5.91. The Labute approximate surface area is 209 Å². The monoisotopic (exact) mass is 476 g/mol. The van der Waals surface area contributed by atoms with Crippen LogP contribution in [-0.4, -0.2) is 31.6 Å². The van der Waals surface area contributed by atoms with Crippen LogP contribution in [0.4, 0.5) is 18.9 Å². The topological polar surface area (TPSA) is 78.6 Å². The van der Waals surface area contributed by atoms with E-state index in [1.54, 1.807) is 0 Å². The Morgan fingerprint density at radius 1 is 1.27 bits per heavy atom. The van der Waals surface area contributed by atoms with E-state index in [2.05, 4.69) is 10.3 Å². The Morgan fingerprint density at radius 2 is 2.09 bits per heavy atom. The van der Waals surface area contributed by atoms with Crippen LogP contribution in [0.5, 0.6) is 23.1 Å². The van der Waals surface area contributed by atoms with Crippen LogP contribution in [0.1, 0.15) is 48.5 Å². The highest BCUT2D eigenvalue weighted by atomic mass is 19.4. The summed E-state index contributed by atoms with van der Waals surface area (Å²) in [7, 11) is -1.96. The van der Waals surface area contributed by atoms with Crippen LogP contribution in [0.2, 0.25) is 0 Å². The molecular weight excluding hydrogens is 435 g/mol. The zero-order valence-corrected chi connectivity index (χ0v) is 17.3. The highest BCUT2D eigenvalue weighted by Gasteiger charge is 2.31. The van der Waals surface area contributed by atoms with Gasteiger partial charge in [-0.2, -0.15) is 13.2 Å². The average Bonchev–Trinajstić information content (AvgIpc) is 2.86. The Morgan fingerprint density at radius 3 is 2.76 bits per heavy atom. The van der Waals surface area contributed by atoms with Gasteiger partial charge in [0, 0.05) is 30.5 Å². The summed E-state index contributed by atoms with van der Waals surface area (Å²) in [6, 6.07) is 1.99. The molecule has 2 aromatic carbocycles. The molecule has 0 spiro atoms. The summed E-state index contributed by atoms with van der Waals surface area (Å²) in [4.78, 5) is 4.07. The maximum Gasteiger partial charge on any atom is 0.416 e. The lowest BCUT2D eigenvalue weighted by atomic mass is 10.1. The number of nitrogens with one attached hydrogen (secondary N) is 1. The van der Waals surface area contributed by atoms with Crippen LogP contribution in [0, 0.1) is 6.92 Å². The minimum atomic E-state index is -4.74. The lowest BCUT2D eigenvalue weighted by Crippen LogP contribution is -2.17. The normalized spacial score (nSPS) is 21.3. The number of ether oxygens (including phenoxy) is 3. The average molecular weight is 477 g/mol. The first-order valence-electron chi connectivity index (χ1n) is 15.7. The molecule has 0 aliphatic heterocycles. The van der Waals surface area contributed by atoms with Crippen LogP contribution < -0.4 is 25.3 Å². The van der Waals surface area contributed by atoms with Crippen LogP contribution in [0.25, 0.3) is 10.9 Å². The quantitative estimate of drug-likeness (QED) is 0.400. The van der Waals surface area contributed by atoms with Gasteiger partial charge in [-0.15, -0.1) is 0 Å². The van der Waals surface area contributed by atoms with E-state index in [4.69, 9.17) is 37.8 Å². The van der Waals surface area contributed by atoms with Crippen LogP contribution in [0.3, 0.4) is 0 Å². The number of pyridine rings is 1. The molecule has 0 saturated carbocycles. The number of nitrogens with zero attached hydrogens (tertiary/aromatic N) is 1. The third kappa shape index (κ3) is 5.60. The van der Waals surface area contributed by atoms with E-state index >= 15 is 0 Å². The maximum atomic E-state index is 13.4. The van der Waals surface area contributed by atoms with Crippen molar-refractivity contribution in [3.63, 3.8) is 0 Å². The van der Waals surface area contributed by atoms with E-state index < -0.39 is 68.0 Å². The van der Waals surface area contributed by atoms with E-state index in [-0.39, 0.29) is 28.2 Å². The number of alkyl halides is 3. The van der Waals surface area contributed by atoms with Gasteiger partial charge in [0.2, 0.25) is 5.88 Å².